The van der Waals surface area contributed by atoms with Crippen molar-refractivity contribution in [1.29, 1.82) is 0 Å². The zero-order chi connectivity index (χ0) is 20.8. The number of carbonyl (C=O) groups excluding carboxylic acids is 3. The summed E-state index contributed by atoms with van der Waals surface area (Å²) in [5.41, 5.74) is 6.83. The zero-order valence-corrected chi connectivity index (χ0v) is 17.4. The molecule has 9 nitrogen and oxygen atoms in total. The van der Waals surface area contributed by atoms with Crippen molar-refractivity contribution in [2.24, 2.45) is 11.7 Å². The molecule has 29 heavy (non-hydrogen) atoms. The van der Waals surface area contributed by atoms with Crippen LogP contribution in [0.15, 0.2) is 28.6 Å². The molecule has 1 fully saturated rings. The number of urea groups is 1. The minimum absolute atomic E-state index is 0.179. The van der Waals surface area contributed by atoms with E-state index >= 15 is 0 Å². The minimum atomic E-state index is -0.503. The SMILES string of the molecule is COC(=O)c1ccc(CSc2nnc(NC(=O)[C@H]3CCCN(C(N)=O)C3)s2)cc1. The normalized spacial score (nSPS) is 16.3. The maximum atomic E-state index is 12.4. The molecule has 2 heterocycles. The molecule has 0 unspecified atom stereocenters. The highest BCUT2D eigenvalue weighted by Crippen LogP contribution is 2.29. The van der Waals surface area contributed by atoms with Crippen LogP contribution in [0, 0.1) is 5.92 Å². The monoisotopic (exact) mass is 435 g/mol. The number of hydrogen-bond acceptors (Lipinski definition) is 8. The lowest BCUT2D eigenvalue weighted by atomic mass is 9.97. The number of methoxy groups -OCH3 is 1. The summed E-state index contributed by atoms with van der Waals surface area (Å²) in [6.45, 7) is 0.905. The summed E-state index contributed by atoms with van der Waals surface area (Å²) in [6.07, 6.45) is 1.45. The largest absolute Gasteiger partial charge is 0.465 e. The van der Waals surface area contributed by atoms with Gasteiger partial charge in [-0.25, -0.2) is 9.59 Å². The number of nitrogens with zero attached hydrogens (tertiary/aromatic N) is 3. The first-order valence-electron chi connectivity index (χ1n) is 8.95. The van der Waals surface area contributed by atoms with Gasteiger partial charge in [-0.1, -0.05) is 35.2 Å². The van der Waals surface area contributed by atoms with Gasteiger partial charge >= 0.3 is 12.0 Å². The fourth-order valence-electron chi connectivity index (χ4n) is 2.92. The van der Waals surface area contributed by atoms with Crippen molar-refractivity contribution in [3.05, 3.63) is 35.4 Å². The molecule has 11 heteroatoms. The first-order valence-corrected chi connectivity index (χ1v) is 10.7. The van der Waals surface area contributed by atoms with E-state index in [1.807, 2.05) is 12.1 Å². The van der Waals surface area contributed by atoms with Crippen LogP contribution in [0.3, 0.4) is 0 Å². The number of nitrogens with one attached hydrogen (secondary N) is 1. The number of ether oxygens (including phenoxy) is 1. The molecule has 1 aliphatic rings. The highest BCUT2D eigenvalue weighted by atomic mass is 32.2. The van der Waals surface area contributed by atoms with Crippen molar-refractivity contribution >= 4 is 46.1 Å². The van der Waals surface area contributed by atoms with E-state index in [1.165, 1.54) is 35.1 Å². The molecule has 0 saturated carbocycles. The number of rotatable bonds is 6. The van der Waals surface area contributed by atoms with Crippen LogP contribution < -0.4 is 11.1 Å². The number of aromatic nitrogens is 2. The Hall–Kier alpha value is -2.66. The van der Waals surface area contributed by atoms with Crippen molar-refractivity contribution in [3.8, 4) is 0 Å². The van der Waals surface area contributed by atoms with E-state index in [-0.39, 0.29) is 17.8 Å². The first-order chi connectivity index (χ1) is 14.0. The maximum absolute atomic E-state index is 12.4. The van der Waals surface area contributed by atoms with Crippen LogP contribution in [0.25, 0.3) is 0 Å². The van der Waals surface area contributed by atoms with Gasteiger partial charge in [-0.15, -0.1) is 10.2 Å². The highest BCUT2D eigenvalue weighted by Gasteiger charge is 2.28. The van der Waals surface area contributed by atoms with Crippen molar-refractivity contribution in [2.45, 2.75) is 22.9 Å². The second-order valence-corrected chi connectivity index (χ2v) is 8.66. The number of primary amides is 1. The van der Waals surface area contributed by atoms with Gasteiger partial charge in [0, 0.05) is 18.8 Å². The topological polar surface area (TPSA) is 128 Å². The van der Waals surface area contributed by atoms with Crippen LogP contribution >= 0.6 is 23.1 Å². The molecule has 154 valence electrons. The van der Waals surface area contributed by atoms with Crippen LogP contribution in [-0.2, 0) is 15.3 Å². The number of hydrogen-bond donors (Lipinski definition) is 2. The van der Waals surface area contributed by atoms with Crippen LogP contribution in [0.5, 0.6) is 0 Å². The smallest absolute Gasteiger partial charge is 0.337 e. The Morgan fingerprint density at radius 1 is 1.31 bits per heavy atom. The van der Waals surface area contributed by atoms with Gasteiger partial charge < -0.3 is 20.7 Å². The lowest BCUT2D eigenvalue weighted by Gasteiger charge is -2.30. The lowest BCUT2D eigenvalue weighted by Crippen LogP contribution is -2.46. The molecule has 1 atom stereocenters. The summed E-state index contributed by atoms with van der Waals surface area (Å²) >= 11 is 2.78. The minimum Gasteiger partial charge on any atom is -0.465 e. The van der Waals surface area contributed by atoms with Gasteiger partial charge in [-0.05, 0) is 30.5 Å². The van der Waals surface area contributed by atoms with E-state index < -0.39 is 6.03 Å². The average molecular weight is 436 g/mol. The fraction of sp³-hybridized carbons (Fsp3) is 0.389. The van der Waals surface area contributed by atoms with Crippen molar-refractivity contribution in [1.82, 2.24) is 15.1 Å². The summed E-state index contributed by atoms with van der Waals surface area (Å²) < 4.78 is 5.40. The zero-order valence-electron chi connectivity index (χ0n) is 15.8. The molecule has 0 spiro atoms. The van der Waals surface area contributed by atoms with Gasteiger partial charge in [-0.3, -0.25) is 4.79 Å². The fourth-order valence-corrected chi connectivity index (χ4v) is 4.63. The van der Waals surface area contributed by atoms with E-state index in [0.717, 1.165) is 16.3 Å². The van der Waals surface area contributed by atoms with Crippen LogP contribution in [0.1, 0.15) is 28.8 Å². The molecule has 0 radical (unpaired) electrons. The molecule has 1 aromatic heterocycles. The maximum Gasteiger partial charge on any atom is 0.337 e. The van der Waals surface area contributed by atoms with E-state index in [1.54, 1.807) is 12.1 Å². The quantitative estimate of drug-likeness (QED) is 0.405. The number of thioether (sulfide) groups is 1. The van der Waals surface area contributed by atoms with Gasteiger partial charge in [0.15, 0.2) is 4.34 Å². The van der Waals surface area contributed by atoms with Gasteiger partial charge in [0.25, 0.3) is 0 Å². The van der Waals surface area contributed by atoms with Crippen molar-refractivity contribution in [2.75, 3.05) is 25.5 Å². The molecule has 1 saturated heterocycles. The number of carbonyl (C=O) groups is 3. The predicted molar refractivity (Wildman–Crippen MR) is 110 cm³/mol. The number of anilines is 1. The van der Waals surface area contributed by atoms with Gasteiger partial charge in [0.2, 0.25) is 11.0 Å². The molecule has 1 aromatic carbocycles. The standard InChI is InChI=1S/C18H21N5O4S2/c1-27-15(25)12-6-4-11(5-7-12)10-28-18-22-21-17(29-18)20-14(24)13-3-2-8-23(9-13)16(19)26/h4-7,13H,2-3,8-10H2,1H3,(H2,19,26)(H,20,21,24)/t13-/m0/s1. The summed E-state index contributed by atoms with van der Waals surface area (Å²) in [4.78, 5) is 36.7. The Morgan fingerprint density at radius 3 is 2.76 bits per heavy atom. The second-order valence-electron chi connectivity index (χ2n) is 6.46. The van der Waals surface area contributed by atoms with E-state index in [9.17, 15) is 14.4 Å². The second kappa shape index (κ2) is 9.70. The predicted octanol–water partition coefficient (Wildman–Crippen LogP) is 2.35. The molecule has 0 bridgehead atoms. The van der Waals surface area contributed by atoms with Gasteiger partial charge in [-0.2, -0.15) is 0 Å². The Bertz CT molecular complexity index is 887. The Balaban J connectivity index is 1.51. The van der Waals surface area contributed by atoms with Crippen LogP contribution in [0.2, 0.25) is 0 Å². The third kappa shape index (κ3) is 5.67. The van der Waals surface area contributed by atoms with Gasteiger partial charge in [0.1, 0.15) is 0 Å². The van der Waals surface area contributed by atoms with E-state index in [4.69, 9.17) is 5.73 Å². The van der Waals surface area contributed by atoms with Gasteiger partial charge in [0.05, 0.1) is 18.6 Å². The van der Waals surface area contributed by atoms with Crippen molar-refractivity contribution in [3.63, 3.8) is 0 Å². The lowest BCUT2D eigenvalue weighted by molar-refractivity contribution is -0.121. The number of esters is 1. The molecular formula is C18H21N5O4S2. The van der Waals surface area contributed by atoms with E-state index in [0.29, 0.717) is 36.0 Å². The Kier molecular flexibility index (Phi) is 7.04. The van der Waals surface area contributed by atoms with E-state index in [2.05, 4.69) is 20.3 Å². The number of benzene rings is 1. The average Bonchev–Trinajstić information content (AvgIpc) is 3.19. The number of nitrogens with two attached hydrogens (primary N) is 1. The number of amides is 3. The Labute approximate surface area is 176 Å². The number of piperidine rings is 1. The first kappa shape index (κ1) is 21.1. The summed E-state index contributed by atoms with van der Waals surface area (Å²) in [6, 6.07) is 6.64. The molecule has 1 aliphatic heterocycles. The summed E-state index contributed by atoms with van der Waals surface area (Å²) in [7, 11) is 1.35. The third-order valence-electron chi connectivity index (χ3n) is 4.48. The Morgan fingerprint density at radius 2 is 2.07 bits per heavy atom. The van der Waals surface area contributed by atoms with Crippen LogP contribution in [0.4, 0.5) is 9.93 Å². The summed E-state index contributed by atoms with van der Waals surface area (Å²) in [5.74, 6) is -0.197. The summed E-state index contributed by atoms with van der Waals surface area (Å²) in [5, 5.41) is 11.3. The molecular weight excluding hydrogens is 414 g/mol. The highest BCUT2D eigenvalue weighted by molar-refractivity contribution is 8.00. The molecule has 3 amide bonds. The molecule has 0 aliphatic carbocycles. The molecule has 3 N–H and O–H groups in total. The van der Waals surface area contributed by atoms with Crippen molar-refractivity contribution < 1.29 is 19.1 Å². The molecule has 2 aromatic rings. The third-order valence-corrected chi connectivity index (χ3v) is 6.52. The number of likely N-dealkylation sites (tertiary alicyclic amines) is 1. The van der Waals surface area contributed by atoms with Crippen LogP contribution in [-0.4, -0.2) is 53.2 Å². The molecule has 3 rings (SSSR count).